The Morgan fingerprint density at radius 2 is 1.94 bits per heavy atom. The molecule has 0 saturated heterocycles. The molecule has 0 spiro atoms. The molecule has 1 aromatic rings. The quantitative estimate of drug-likeness (QED) is 0.687. The third kappa shape index (κ3) is 4.13. The van der Waals surface area contributed by atoms with Gasteiger partial charge in [0.05, 0.1) is 0 Å². The first-order chi connectivity index (χ1) is 8.56. The summed E-state index contributed by atoms with van der Waals surface area (Å²) >= 11 is 0. The van der Waals surface area contributed by atoms with Gasteiger partial charge in [0.1, 0.15) is 6.04 Å². The molecule has 0 heterocycles. The molecule has 0 amide bonds. The van der Waals surface area contributed by atoms with Crippen LogP contribution >= 0.6 is 0 Å². The first kappa shape index (κ1) is 14.7. The Balaban J connectivity index is 2.68. The van der Waals surface area contributed by atoms with Crippen molar-refractivity contribution in [2.24, 2.45) is 17.6 Å². The molecule has 0 saturated carbocycles. The summed E-state index contributed by atoms with van der Waals surface area (Å²) < 4.78 is 0. The monoisotopic (exact) mass is 250 g/mol. The summed E-state index contributed by atoms with van der Waals surface area (Å²) in [5.74, 6) is -0.135. The van der Waals surface area contributed by atoms with Crippen LogP contribution in [0.5, 0.6) is 0 Å². The minimum Gasteiger partial charge on any atom is -0.480 e. The molecule has 2 atom stereocenters. The molecule has 18 heavy (non-hydrogen) atoms. The number of carboxylic acid groups (broad SMARTS) is 1. The predicted molar refractivity (Wildman–Crippen MR) is 72.2 cm³/mol. The number of benzene rings is 1. The van der Waals surface area contributed by atoms with Crippen molar-refractivity contribution >= 4 is 5.97 Å². The van der Waals surface area contributed by atoms with E-state index in [9.17, 15) is 9.90 Å². The molecule has 0 radical (unpaired) electrons. The molecule has 0 aliphatic heterocycles. The number of hydrogen-bond donors (Lipinski definition) is 3. The highest BCUT2D eigenvalue weighted by Gasteiger charge is 2.21. The van der Waals surface area contributed by atoms with Gasteiger partial charge in [-0.05, 0) is 23.9 Å². The molecule has 4 N–H and O–H groups in total. The van der Waals surface area contributed by atoms with Gasteiger partial charge in [0.2, 0.25) is 0 Å². The Kier molecular flexibility index (Phi) is 5.82. The van der Waals surface area contributed by atoms with Crippen LogP contribution in [0.15, 0.2) is 30.3 Å². The van der Waals surface area contributed by atoms with Crippen molar-refractivity contribution in [3.8, 4) is 0 Å². The molecule has 2 unspecified atom stereocenters. The van der Waals surface area contributed by atoms with Crippen molar-refractivity contribution in [2.45, 2.75) is 19.9 Å². The summed E-state index contributed by atoms with van der Waals surface area (Å²) in [6, 6.07) is 8.53. The number of aliphatic carboxylic acids is 1. The summed E-state index contributed by atoms with van der Waals surface area (Å²) in [7, 11) is 0. The van der Waals surface area contributed by atoms with Crippen LogP contribution in [0.25, 0.3) is 0 Å². The van der Waals surface area contributed by atoms with Gasteiger partial charge in [0, 0.05) is 6.54 Å². The molecule has 0 aromatic heterocycles. The lowest BCUT2D eigenvalue weighted by Gasteiger charge is -2.22. The number of nitrogens with two attached hydrogens (primary N) is 1. The van der Waals surface area contributed by atoms with Crippen LogP contribution < -0.4 is 11.1 Å². The van der Waals surface area contributed by atoms with Crippen LogP contribution in [-0.2, 0) is 4.79 Å². The Bertz CT molecular complexity index is 365. The zero-order valence-corrected chi connectivity index (χ0v) is 11.0. The largest absolute Gasteiger partial charge is 0.480 e. The molecule has 100 valence electrons. The van der Waals surface area contributed by atoms with E-state index >= 15 is 0 Å². The second-order valence-electron chi connectivity index (χ2n) is 4.83. The lowest BCUT2D eigenvalue weighted by molar-refractivity contribution is -0.139. The van der Waals surface area contributed by atoms with Crippen LogP contribution in [0, 0.1) is 11.8 Å². The average molecular weight is 250 g/mol. The molecular weight excluding hydrogens is 228 g/mol. The fourth-order valence-electron chi connectivity index (χ4n) is 1.85. The maximum absolute atomic E-state index is 11.3. The third-order valence-corrected chi connectivity index (χ3v) is 3.21. The second-order valence-corrected chi connectivity index (χ2v) is 4.83. The van der Waals surface area contributed by atoms with Gasteiger partial charge >= 0.3 is 5.97 Å². The highest BCUT2D eigenvalue weighted by molar-refractivity contribution is 5.75. The first-order valence-electron chi connectivity index (χ1n) is 6.27. The van der Waals surface area contributed by atoms with Gasteiger partial charge in [-0.25, -0.2) is 0 Å². The average Bonchev–Trinajstić information content (AvgIpc) is 2.35. The fourth-order valence-corrected chi connectivity index (χ4v) is 1.85. The van der Waals surface area contributed by atoms with Crippen molar-refractivity contribution in [3.05, 3.63) is 35.9 Å². The van der Waals surface area contributed by atoms with E-state index in [2.05, 4.69) is 19.2 Å². The van der Waals surface area contributed by atoms with Crippen LogP contribution in [0.3, 0.4) is 0 Å². The molecule has 1 rings (SSSR count). The Labute approximate surface area is 108 Å². The molecule has 0 fully saturated rings. The lowest BCUT2D eigenvalue weighted by Crippen LogP contribution is -2.36. The van der Waals surface area contributed by atoms with E-state index in [4.69, 9.17) is 5.73 Å². The number of hydrogen-bond acceptors (Lipinski definition) is 3. The number of rotatable bonds is 7. The summed E-state index contributed by atoms with van der Waals surface area (Å²) in [4.78, 5) is 11.3. The van der Waals surface area contributed by atoms with Gasteiger partial charge in [-0.15, -0.1) is 0 Å². The standard InChI is InChI=1S/C14H22N2O2/c1-10(2)12(8-15)9-16-13(14(17)18)11-6-4-3-5-7-11/h3-7,10,12-13,16H,8-9,15H2,1-2H3,(H,17,18). The van der Waals surface area contributed by atoms with Gasteiger partial charge < -0.3 is 16.2 Å². The zero-order chi connectivity index (χ0) is 13.5. The minimum absolute atomic E-state index is 0.288. The van der Waals surface area contributed by atoms with Crippen molar-refractivity contribution in [1.29, 1.82) is 0 Å². The van der Waals surface area contributed by atoms with Gasteiger partial charge in [-0.3, -0.25) is 4.79 Å². The lowest BCUT2D eigenvalue weighted by atomic mass is 9.95. The first-order valence-corrected chi connectivity index (χ1v) is 6.27. The molecule has 0 aliphatic rings. The maximum atomic E-state index is 11.3. The van der Waals surface area contributed by atoms with Crippen LogP contribution in [0.2, 0.25) is 0 Å². The molecule has 0 aliphatic carbocycles. The smallest absolute Gasteiger partial charge is 0.325 e. The van der Waals surface area contributed by atoms with Crippen molar-refractivity contribution in [1.82, 2.24) is 5.32 Å². The highest BCUT2D eigenvalue weighted by atomic mass is 16.4. The molecular formula is C14H22N2O2. The summed E-state index contributed by atoms with van der Waals surface area (Å²) in [5, 5.41) is 12.3. The topological polar surface area (TPSA) is 75.3 Å². The summed E-state index contributed by atoms with van der Waals surface area (Å²) in [6.45, 7) is 5.36. The Morgan fingerprint density at radius 1 is 1.33 bits per heavy atom. The van der Waals surface area contributed by atoms with Crippen molar-refractivity contribution in [2.75, 3.05) is 13.1 Å². The number of nitrogens with one attached hydrogen (secondary N) is 1. The van der Waals surface area contributed by atoms with E-state index in [1.54, 1.807) is 0 Å². The predicted octanol–water partition coefficient (Wildman–Crippen LogP) is 1.63. The molecule has 4 nitrogen and oxygen atoms in total. The van der Waals surface area contributed by atoms with Gasteiger partial charge in [-0.2, -0.15) is 0 Å². The number of carbonyl (C=O) groups is 1. The minimum atomic E-state index is -0.860. The second kappa shape index (κ2) is 7.13. The Hall–Kier alpha value is -1.39. The van der Waals surface area contributed by atoms with E-state index in [1.807, 2.05) is 30.3 Å². The van der Waals surface area contributed by atoms with Gasteiger partial charge in [0.25, 0.3) is 0 Å². The van der Waals surface area contributed by atoms with Crippen LogP contribution in [-0.4, -0.2) is 24.2 Å². The molecule has 4 heteroatoms. The maximum Gasteiger partial charge on any atom is 0.325 e. The van der Waals surface area contributed by atoms with E-state index in [1.165, 1.54) is 0 Å². The van der Waals surface area contributed by atoms with E-state index < -0.39 is 12.0 Å². The molecule has 1 aromatic carbocycles. The number of carboxylic acids is 1. The molecule has 0 bridgehead atoms. The Morgan fingerprint density at radius 3 is 2.39 bits per heavy atom. The third-order valence-electron chi connectivity index (χ3n) is 3.21. The SMILES string of the molecule is CC(C)C(CN)CNC(C(=O)O)c1ccccc1. The van der Waals surface area contributed by atoms with E-state index in [-0.39, 0.29) is 5.92 Å². The van der Waals surface area contributed by atoms with Gasteiger partial charge in [0.15, 0.2) is 0 Å². The zero-order valence-electron chi connectivity index (χ0n) is 11.0. The van der Waals surface area contributed by atoms with Crippen molar-refractivity contribution in [3.63, 3.8) is 0 Å². The normalized spacial score (nSPS) is 14.4. The van der Waals surface area contributed by atoms with Crippen LogP contribution in [0.4, 0.5) is 0 Å². The summed E-state index contributed by atoms with van der Waals surface area (Å²) in [6.07, 6.45) is 0. The van der Waals surface area contributed by atoms with Crippen molar-refractivity contribution < 1.29 is 9.90 Å². The van der Waals surface area contributed by atoms with Gasteiger partial charge in [-0.1, -0.05) is 44.2 Å². The van der Waals surface area contributed by atoms with E-state index in [0.29, 0.717) is 19.0 Å². The highest BCUT2D eigenvalue weighted by Crippen LogP contribution is 2.15. The summed E-state index contributed by atoms with van der Waals surface area (Å²) in [5.41, 5.74) is 6.46. The van der Waals surface area contributed by atoms with Crippen LogP contribution in [0.1, 0.15) is 25.5 Å². The fraction of sp³-hybridized carbons (Fsp3) is 0.500. The van der Waals surface area contributed by atoms with E-state index in [0.717, 1.165) is 5.56 Å².